The van der Waals surface area contributed by atoms with Gasteiger partial charge in [-0.05, 0) is 41.5 Å². The number of tetrazole rings is 1. The van der Waals surface area contributed by atoms with Gasteiger partial charge in [0.25, 0.3) is 5.91 Å². The molecule has 2 N–H and O–H groups in total. The number of nitrogens with one attached hydrogen (secondary N) is 2. The van der Waals surface area contributed by atoms with E-state index in [0.717, 1.165) is 24.4 Å². The number of carbonyl (C=O) groups excluding carboxylic acids is 1. The molecule has 116 valence electrons. The monoisotopic (exact) mass is 310 g/mol. The number of rotatable bonds is 5. The number of aromatic amines is 1. The fraction of sp³-hybridized carbons (Fsp3) is 0.286. The summed E-state index contributed by atoms with van der Waals surface area (Å²) in [6.45, 7) is 0.313. The largest absolute Gasteiger partial charge is 0.345 e. The Kier molecular flexibility index (Phi) is 3.30. The number of aromatic nitrogens is 7. The third kappa shape index (κ3) is 2.93. The van der Waals surface area contributed by atoms with Crippen LogP contribution in [0.3, 0.4) is 0 Å². The van der Waals surface area contributed by atoms with Crippen LogP contribution in [0.1, 0.15) is 40.8 Å². The molecule has 1 aliphatic carbocycles. The van der Waals surface area contributed by atoms with Gasteiger partial charge in [-0.15, -0.1) is 5.10 Å². The van der Waals surface area contributed by atoms with Crippen molar-refractivity contribution < 1.29 is 4.79 Å². The van der Waals surface area contributed by atoms with E-state index in [1.54, 1.807) is 18.2 Å². The maximum absolute atomic E-state index is 12.3. The van der Waals surface area contributed by atoms with Gasteiger partial charge in [0.2, 0.25) is 0 Å². The van der Waals surface area contributed by atoms with Gasteiger partial charge in [0.15, 0.2) is 5.82 Å². The Bertz CT molecular complexity index is 821. The lowest BCUT2D eigenvalue weighted by atomic mass is 10.2. The zero-order valence-corrected chi connectivity index (χ0v) is 12.2. The van der Waals surface area contributed by atoms with E-state index in [1.165, 1.54) is 11.0 Å². The Labute approximate surface area is 131 Å². The molecule has 0 spiro atoms. The van der Waals surface area contributed by atoms with Crippen molar-refractivity contribution in [1.82, 2.24) is 40.7 Å². The van der Waals surface area contributed by atoms with Crippen LogP contribution >= 0.6 is 0 Å². The first-order valence-corrected chi connectivity index (χ1v) is 7.32. The molecule has 0 unspecified atom stereocenters. The van der Waals surface area contributed by atoms with E-state index in [4.69, 9.17) is 0 Å². The molecule has 0 bridgehead atoms. The summed E-state index contributed by atoms with van der Waals surface area (Å²) in [7, 11) is 0. The molecule has 0 saturated heterocycles. The second-order valence-corrected chi connectivity index (χ2v) is 5.40. The standard InChI is InChI=1S/C14H14N8O/c23-14(15-7-12-17-13(19-18-12)9-4-5-9)10-2-1-3-11(6-10)22-8-16-20-21-22/h1-3,6,8-9H,4-5,7H2,(H,15,23)(H,17,18,19). The van der Waals surface area contributed by atoms with Gasteiger partial charge in [0.1, 0.15) is 12.2 Å². The molecule has 1 aromatic carbocycles. The van der Waals surface area contributed by atoms with Crippen LogP contribution < -0.4 is 5.32 Å². The molecule has 1 saturated carbocycles. The Morgan fingerprint density at radius 1 is 1.39 bits per heavy atom. The highest BCUT2D eigenvalue weighted by Gasteiger charge is 2.27. The maximum Gasteiger partial charge on any atom is 0.251 e. The Balaban J connectivity index is 1.43. The Morgan fingerprint density at radius 3 is 3.09 bits per heavy atom. The van der Waals surface area contributed by atoms with Crippen molar-refractivity contribution in [3.05, 3.63) is 47.8 Å². The Hall–Kier alpha value is -3.10. The summed E-state index contributed by atoms with van der Waals surface area (Å²) >= 11 is 0. The smallest absolute Gasteiger partial charge is 0.251 e. The lowest BCUT2D eigenvalue weighted by Gasteiger charge is -2.05. The van der Waals surface area contributed by atoms with E-state index < -0.39 is 0 Å². The number of hydrogen-bond acceptors (Lipinski definition) is 6. The molecule has 2 heterocycles. The van der Waals surface area contributed by atoms with Gasteiger partial charge in [0.05, 0.1) is 12.2 Å². The molecule has 1 amide bonds. The predicted molar refractivity (Wildman–Crippen MR) is 78.7 cm³/mol. The SMILES string of the molecule is O=C(NCc1nc(C2CC2)n[nH]1)c1cccc(-n2cnnn2)c1. The van der Waals surface area contributed by atoms with Crippen LogP contribution in [0.25, 0.3) is 5.69 Å². The third-order valence-electron chi connectivity index (χ3n) is 3.63. The molecule has 1 aliphatic rings. The molecule has 3 aromatic rings. The molecule has 4 rings (SSSR count). The third-order valence-corrected chi connectivity index (χ3v) is 3.63. The fourth-order valence-electron chi connectivity index (χ4n) is 2.25. The topological polar surface area (TPSA) is 114 Å². The minimum atomic E-state index is -0.190. The van der Waals surface area contributed by atoms with Gasteiger partial charge in [0, 0.05) is 11.5 Å². The summed E-state index contributed by atoms with van der Waals surface area (Å²) < 4.78 is 1.50. The summed E-state index contributed by atoms with van der Waals surface area (Å²) in [5, 5.41) is 20.8. The molecule has 0 radical (unpaired) electrons. The number of benzene rings is 1. The first kappa shape index (κ1) is 13.6. The predicted octanol–water partition coefficient (Wildman–Crippen LogP) is 0.588. The van der Waals surface area contributed by atoms with Gasteiger partial charge in [-0.2, -0.15) is 5.10 Å². The summed E-state index contributed by atoms with van der Waals surface area (Å²) in [6.07, 6.45) is 3.77. The Morgan fingerprint density at radius 2 is 2.30 bits per heavy atom. The number of carbonyl (C=O) groups is 1. The first-order chi connectivity index (χ1) is 11.3. The normalized spacial score (nSPS) is 13.9. The maximum atomic E-state index is 12.3. The molecular weight excluding hydrogens is 296 g/mol. The van der Waals surface area contributed by atoms with Crippen molar-refractivity contribution in [3.8, 4) is 5.69 Å². The molecule has 0 aliphatic heterocycles. The van der Waals surface area contributed by atoms with E-state index in [-0.39, 0.29) is 5.91 Å². The van der Waals surface area contributed by atoms with E-state index in [2.05, 4.69) is 36.0 Å². The van der Waals surface area contributed by atoms with Crippen molar-refractivity contribution in [3.63, 3.8) is 0 Å². The zero-order valence-electron chi connectivity index (χ0n) is 12.2. The minimum Gasteiger partial charge on any atom is -0.345 e. The molecule has 0 atom stereocenters. The highest BCUT2D eigenvalue weighted by Crippen LogP contribution is 2.37. The lowest BCUT2D eigenvalue weighted by Crippen LogP contribution is -2.23. The van der Waals surface area contributed by atoms with Crippen molar-refractivity contribution in [1.29, 1.82) is 0 Å². The quantitative estimate of drug-likeness (QED) is 0.712. The lowest BCUT2D eigenvalue weighted by molar-refractivity contribution is 0.0950. The summed E-state index contributed by atoms with van der Waals surface area (Å²) in [6, 6.07) is 7.07. The summed E-state index contributed by atoms with van der Waals surface area (Å²) in [5.41, 5.74) is 1.25. The fourth-order valence-corrected chi connectivity index (χ4v) is 2.25. The van der Waals surface area contributed by atoms with E-state index in [1.807, 2.05) is 6.07 Å². The summed E-state index contributed by atoms with van der Waals surface area (Å²) in [4.78, 5) is 16.6. The van der Waals surface area contributed by atoms with Gasteiger partial charge in [-0.3, -0.25) is 9.89 Å². The van der Waals surface area contributed by atoms with Gasteiger partial charge in [-0.25, -0.2) is 9.67 Å². The summed E-state index contributed by atoms with van der Waals surface area (Å²) in [5.74, 6) is 1.81. The molecule has 1 fully saturated rings. The zero-order chi connectivity index (χ0) is 15.6. The van der Waals surface area contributed by atoms with E-state index >= 15 is 0 Å². The minimum absolute atomic E-state index is 0.190. The van der Waals surface area contributed by atoms with Crippen molar-refractivity contribution >= 4 is 5.91 Å². The van der Waals surface area contributed by atoms with Gasteiger partial charge >= 0.3 is 0 Å². The van der Waals surface area contributed by atoms with Crippen molar-refractivity contribution in [2.75, 3.05) is 0 Å². The highest BCUT2D eigenvalue weighted by molar-refractivity contribution is 5.94. The number of amides is 1. The van der Waals surface area contributed by atoms with E-state index in [9.17, 15) is 4.79 Å². The number of H-pyrrole nitrogens is 1. The average Bonchev–Trinajstić information content (AvgIpc) is 3.11. The van der Waals surface area contributed by atoms with Crippen LogP contribution in [0.15, 0.2) is 30.6 Å². The van der Waals surface area contributed by atoms with Crippen LogP contribution in [0.5, 0.6) is 0 Å². The van der Waals surface area contributed by atoms with Crippen LogP contribution in [0.2, 0.25) is 0 Å². The second-order valence-electron chi connectivity index (χ2n) is 5.40. The highest BCUT2D eigenvalue weighted by atomic mass is 16.1. The van der Waals surface area contributed by atoms with Crippen LogP contribution in [0.4, 0.5) is 0 Å². The molecule has 23 heavy (non-hydrogen) atoms. The number of hydrogen-bond donors (Lipinski definition) is 2. The first-order valence-electron chi connectivity index (χ1n) is 7.32. The molecular formula is C14H14N8O. The average molecular weight is 310 g/mol. The molecule has 9 heteroatoms. The van der Waals surface area contributed by atoms with Crippen LogP contribution in [0, 0.1) is 0 Å². The van der Waals surface area contributed by atoms with Gasteiger partial charge < -0.3 is 5.32 Å². The number of nitrogens with zero attached hydrogens (tertiary/aromatic N) is 6. The molecule has 2 aromatic heterocycles. The van der Waals surface area contributed by atoms with Crippen LogP contribution in [-0.2, 0) is 6.54 Å². The van der Waals surface area contributed by atoms with Gasteiger partial charge in [-0.1, -0.05) is 6.07 Å². The van der Waals surface area contributed by atoms with Crippen molar-refractivity contribution in [2.45, 2.75) is 25.3 Å². The van der Waals surface area contributed by atoms with Crippen molar-refractivity contribution in [2.24, 2.45) is 0 Å². The van der Waals surface area contributed by atoms with E-state index in [0.29, 0.717) is 23.9 Å². The van der Waals surface area contributed by atoms with Crippen LogP contribution in [-0.4, -0.2) is 41.3 Å². The molecule has 9 nitrogen and oxygen atoms in total. The second kappa shape index (κ2) is 5.59.